The zero-order chi connectivity index (χ0) is 22.3. The summed E-state index contributed by atoms with van der Waals surface area (Å²) in [5, 5.41) is 0. The predicted molar refractivity (Wildman–Crippen MR) is 116 cm³/mol. The second-order valence-electron chi connectivity index (χ2n) is 8.21. The Bertz CT molecular complexity index is 1100. The highest BCUT2D eigenvalue weighted by atomic mass is 19.3. The van der Waals surface area contributed by atoms with Gasteiger partial charge in [-0.25, -0.2) is 13.8 Å². The van der Waals surface area contributed by atoms with Gasteiger partial charge in [-0.2, -0.15) is 0 Å². The molecule has 0 N–H and O–H groups in total. The molecule has 4 rings (SSSR count). The third-order valence-corrected chi connectivity index (χ3v) is 5.54. The maximum absolute atomic E-state index is 14.0. The molecule has 0 unspecified atom stereocenters. The van der Waals surface area contributed by atoms with E-state index < -0.39 is 5.92 Å². The first kappa shape index (κ1) is 21.4. The molecule has 2 aromatic heterocycles. The average Bonchev–Trinajstić information content (AvgIpc) is 2.92. The summed E-state index contributed by atoms with van der Waals surface area (Å²) in [7, 11) is 1.41. The predicted octanol–water partition coefficient (Wildman–Crippen LogP) is 5.31. The molecular weight excluding hydrogens is 400 g/mol. The SMILES string of the molecule is COc1cc(-c2nc(-c3cc(C)nc(C)c3)c3n2C[C@@H](C)OCC3)ccc1C(C)(F)F. The largest absolute Gasteiger partial charge is 0.496 e. The van der Waals surface area contributed by atoms with Crippen LogP contribution < -0.4 is 4.74 Å². The van der Waals surface area contributed by atoms with Crippen molar-refractivity contribution in [2.75, 3.05) is 13.7 Å². The second kappa shape index (κ2) is 8.04. The molecule has 5 nitrogen and oxygen atoms in total. The molecule has 1 atom stereocenters. The van der Waals surface area contributed by atoms with Gasteiger partial charge in [0.1, 0.15) is 11.6 Å². The number of halogens is 2. The van der Waals surface area contributed by atoms with Gasteiger partial charge in [0, 0.05) is 41.6 Å². The summed E-state index contributed by atoms with van der Waals surface area (Å²) >= 11 is 0. The highest BCUT2D eigenvalue weighted by Crippen LogP contribution is 2.38. The number of nitrogens with zero attached hydrogens (tertiary/aromatic N) is 3. The van der Waals surface area contributed by atoms with E-state index in [2.05, 4.69) is 9.55 Å². The molecule has 164 valence electrons. The first-order valence-electron chi connectivity index (χ1n) is 10.4. The lowest BCUT2D eigenvalue weighted by molar-refractivity contribution is 0.0151. The van der Waals surface area contributed by atoms with Gasteiger partial charge in [0.05, 0.1) is 37.6 Å². The van der Waals surface area contributed by atoms with Crippen LogP contribution in [0.5, 0.6) is 5.75 Å². The fraction of sp³-hybridized carbons (Fsp3) is 0.417. The summed E-state index contributed by atoms with van der Waals surface area (Å²) in [6, 6.07) is 8.81. The van der Waals surface area contributed by atoms with E-state index in [-0.39, 0.29) is 17.4 Å². The third kappa shape index (κ3) is 4.19. The second-order valence-corrected chi connectivity index (χ2v) is 8.21. The molecule has 3 heterocycles. The lowest BCUT2D eigenvalue weighted by atomic mass is 10.0. The van der Waals surface area contributed by atoms with E-state index in [1.165, 1.54) is 13.2 Å². The molecular formula is C24H27F2N3O2. The summed E-state index contributed by atoms with van der Waals surface area (Å²) in [6.07, 6.45) is 0.735. The van der Waals surface area contributed by atoms with Crippen molar-refractivity contribution >= 4 is 0 Å². The van der Waals surface area contributed by atoms with Crippen LogP contribution >= 0.6 is 0 Å². The molecule has 0 bridgehead atoms. The summed E-state index contributed by atoms with van der Waals surface area (Å²) in [4.78, 5) is 9.47. The van der Waals surface area contributed by atoms with Gasteiger partial charge in [0.25, 0.3) is 5.92 Å². The van der Waals surface area contributed by atoms with E-state index in [1.54, 1.807) is 12.1 Å². The molecule has 0 saturated carbocycles. The molecule has 1 aliphatic rings. The zero-order valence-electron chi connectivity index (χ0n) is 18.5. The fourth-order valence-corrected chi connectivity index (χ4v) is 4.22. The Balaban J connectivity index is 1.92. The Morgan fingerprint density at radius 1 is 1.10 bits per heavy atom. The van der Waals surface area contributed by atoms with Crippen molar-refractivity contribution in [3.05, 3.63) is 53.0 Å². The Hall–Kier alpha value is -2.80. The standard InChI is InChI=1S/C24H27F2N3O2/c1-14-10-18(11-15(2)27-14)22-20-8-9-31-16(3)13-29(20)23(28-22)17-6-7-19(24(4,25)26)21(12-17)30-5/h6-7,10-12,16H,8-9,13H2,1-5H3/t16-/m1/s1. The molecule has 31 heavy (non-hydrogen) atoms. The van der Waals surface area contributed by atoms with Crippen molar-refractivity contribution in [3.8, 4) is 28.4 Å². The van der Waals surface area contributed by atoms with Crippen LogP contribution in [-0.4, -0.2) is 34.4 Å². The van der Waals surface area contributed by atoms with E-state index in [0.717, 1.165) is 53.1 Å². The number of benzene rings is 1. The van der Waals surface area contributed by atoms with Gasteiger partial charge in [-0.15, -0.1) is 0 Å². The lowest BCUT2D eigenvalue weighted by Crippen LogP contribution is -2.15. The topological polar surface area (TPSA) is 49.2 Å². The molecule has 0 aliphatic carbocycles. The molecule has 1 aliphatic heterocycles. The van der Waals surface area contributed by atoms with Crippen molar-refractivity contribution in [1.29, 1.82) is 0 Å². The van der Waals surface area contributed by atoms with E-state index in [0.29, 0.717) is 13.2 Å². The number of ether oxygens (including phenoxy) is 2. The van der Waals surface area contributed by atoms with E-state index in [4.69, 9.17) is 14.5 Å². The Labute approximate surface area is 181 Å². The number of pyridine rings is 1. The number of methoxy groups -OCH3 is 1. The summed E-state index contributed by atoms with van der Waals surface area (Å²) in [5.74, 6) is -2.12. The molecule has 7 heteroatoms. The van der Waals surface area contributed by atoms with Crippen LogP contribution in [0, 0.1) is 13.8 Å². The maximum Gasteiger partial charge on any atom is 0.274 e. The first-order valence-corrected chi connectivity index (χ1v) is 10.4. The highest BCUT2D eigenvalue weighted by Gasteiger charge is 2.30. The number of imidazole rings is 1. The number of fused-ring (bicyclic) bond motifs is 1. The molecule has 0 radical (unpaired) electrons. The van der Waals surface area contributed by atoms with Crippen molar-refractivity contribution in [2.45, 2.75) is 52.7 Å². The van der Waals surface area contributed by atoms with Crippen LogP contribution in [0.3, 0.4) is 0 Å². The average molecular weight is 427 g/mol. The van der Waals surface area contributed by atoms with Gasteiger partial charge in [-0.3, -0.25) is 4.98 Å². The quantitative estimate of drug-likeness (QED) is 0.566. The van der Waals surface area contributed by atoms with Gasteiger partial charge in [-0.05, 0) is 45.0 Å². The maximum atomic E-state index is 14.0. The van der Waals surface area contributed by atoms with Crippen molar-refractivity contribution in [1.82, 2.24) is 14.5 Å². The van der Waals surface area contributed by atoms with Gasteiger partial charge in [0.2, 0.25) is 0 Å². The highest BCUT2D eigenvalue weighted by molar-refractivity contribution is 5.70. The molecule has 0 saturated heterocycles. The summed E-state index contributed by atoms with van der Waals surface area (Å²) in [6.45, 7) is 8.07. The van der Waals surface area contributed by atoms with Gasteiger partial charge >= 0.3 is 0 Å². The van der Waals surface area contributed by atoms with Crippen molar-refractivity contribution < 1.29 is 18.3 Å². The fourth-order valence-electron chi connectivity index (χ4n) is 4.22. The molecule has 0 fully saturated rings. The normalized spacial score (nSPS) is 16.7. The molecule has 0 amide bonds. The van der Waals surface area contributed by atoms with Crippen LogP contribution in [0.25, 0.3) is 22.6 Å². The number of aryl methyl sites for hydroxylation is 2. The van der Waals surface area contributed by atoms with Crippen LogP contribution in [0.15, 0.2) is 30.3 Å². The molecule has 3 aromatic rings. The van der Waals surface area contributed by atoms with Crippen LogP contribution in [-0.2, 0) is 23.6 Å². The molecule has 0 spiro atoms. The summed E-state index contributed by atoms with van der Waals surface area (Å²) in [5.41, 5.74) is 5.39. The van der Waals surface area contributed by atoms with Crippen LogP contribution in [0.1, 0.15) is 36.5 Å². The Morgan fingerprint density at radius 3 is 2.45 bits per heavy atom. The number of hydrogen-bond donors (Lipinski definition) is 0. The minimum Gasteiger partial charge on any atom is -0.496 e. The monoisotopic (exact) mass is 427 g/mol. The van der Waals surface area contributed by atoms with E-state index >= 15 is 0 Å². The third-order valence-electron chi connectivity index (χ3n) is 5.54. The Kier molecular flexibility index (Phi) is 5.56. The minimum absolute atomic E-state index is 0.0177. The van der Waals surface area contributed by atoms with Gasteiger partial charge in [0.15, 0.2) is 0 Å². The first-order chi connectivity index (χ1) is 14.7. The van der Waals surface area contributed by atoms with Crippen molar-refractivity contribution in [3.63, 3.8) is 0 Å². The van der Waals surface area contributed by atoms with E-state index in [9.17, 15) is 8.78 Å². The van der Waals surface area contributed by atoms with Crippen LogP contribution in [0.2, 0.25) is 0 Å². The number of rotatable bonds is 4. The Morgan fingerprint density at radius 2 is 1.81 bits per heavy atom. The van der Waals surface area contributed by atoms with Gasteiger partial charge in [-0.1, -0.05) is 6.07 Å². The number of alkyl halides is 2. The summed E-state index contributed by atoms with van der Waals surface area (Å²) < 4.78 is 41.3. The van der Waals surface area contributed by atoms with E-state index in [1.807, 2.05) is 32.9 Å². The van der Waals surface area contributed by atoms with Crippen molar-refractivity contribution in [2.24, 2.45) is 0 Å². The minimum atomic E-state index is -2.99. The number of hydrogen-bond acceptors (Lipinski definition) is 4. The molecule has 1 aromatic carbocycles. The number of aromatic nitrogens is 3. The van der Waals surface area contributed by atoms with Gasteiger partial charge < -0.3 is 14.0 Å². The smallest absolute Gasteiger partial charge is 0.274 e. The van der Waals surface area contributed by atoms with Crippen LogP contribution in [0.4, 0.5) is 8.78 Å². The lowest BCUT2D eigenvalue weighted by Gasteiger charge is -2.17. The zero-order valence-corrected chi connectivity index (χ0v) is 18.5.